The van der Waals surface area contributed by atoms with Crippen molar-refractivity contribution in [1.82, 2.24) is 9.88 Å². The van der Waals surface area contributed by atoms with Gasteiger partial charge in [0.1, 0.15) is 11.4 Å². The summed E-state index contributed by atoms with van der Waals surface area (Å²) < 4.78 is 17.1. The summed E-state index contributed by atoms with van der Waals surface area (Å²) in [4.78, 5) is 18.5. The third-order valence-electron chi connectivity index (χ3n) is 5.50. The van der Waals surface area contributed by atoms with Crippen LogP contribution in [0.3, 0.4) is 0 Å². The lowest BCUT2D eigenvalue weighted by molar-refractivity contribution is -0.120. The van der Waals surface area contributed by atoms with Gasteiger partial charge in [-0.05, 0) is 43.4 Å². The van der Waals surface area contributed by atoms with Gasteiger partial charge in [-0.25, -0.2) is 0 Å². The quantitative estimate of drug-likeness (QED) is 0.745. The van der Waals surface area contributed by atoms with Gasteiger partial charge in [0.25, 0.3) is 5.91 Å². The summed E-state index contributed by atoms with van der Waals surface area (Å²) in [7, 11) is 0. The number of nitrogens with zero attached hydrogens (tertiary/aromatic N) is 2. The highest BCUT2D eigenvalue weighted by atomic mass is 16.5. The number of carbonyl (C=O) groups excluding carboxylic acids is 1. The van der Waals surface area contributed by atoms with Crippen LogP contribution in [0.15, 0.2) is 41.3 Å². The molecule has 0 N–H and O–H groups in total. The zero-order valence-corrected chi connectivity index (χ0v) is 15.0. The molecule has 6 nitrogen and oxygen atoms in total. The molecule has 0 radical (unpaired) electrons. The number of pyridine rings is 1. The van der Waals surface area contributed by atoms with Gasteiger partial charge in [-0.15, -0.1) is 0 Å². The van der Waals surface area contributed by atoms with Gasteiger partial charge in [0.2, 0.25) is 0 Å². The summed E-state index contributed by atoms with van der Waals surface area (Å²) in [5, 5.41) is 0. The maximum Gasteiger partial charge on any atom is 0.257 e. The Labute approximate surface area is 153 Å². The first-order valence-electron chi connectivity index (χ1n) is 9.12. The van der Waals surface area contributed by atoms with Gasteiger partial charge >= 0.3 is 0 Å². The Bertz CT molecular complexity index is 752. The van der Waals surface area contributed by atoms with Crippen molar-refractivity contribution in [3.8, 4) is 0 Å². The Morgan fingerprint density at radius 1 is 1.42 bits per heavy atom. The Kier molecular flexibility index (Phi) is 4.78. The van der Waals surface area contributed by atoms with Crippen LogP contribution in [0.25, 0.3) is 0 Å². The lowest BCUT2D eigenvalue weighted by atomic mass is 9.79. The average molecular weight is 356 g/mol. The lowest BCUT2D eigenvalue weighted by Crippen LogP contribution is -2.66. The minimum absolute atomic E-state index is 0.0314. The second kappa shape index (κ2) is 7.21. The maximum atomic E-state index is 12.6. The Balaban J connectivity index is 1.26. The molecule has 2 aromatic heterocycles. The molecule has 6 heteroatoms. The maximum absolute atomic E-state index is 12.6. The van der Waals surface area contributed by atoms with E-state index in [0.29, 0.717) is 43.5 Å². The number of aryl methyl sites for hydroxylation is 1. The van der Waals surface area contributed by atoms with E-state index in [0.717, 1.165) is 25.0 Å². The Hall–Kier alpha value is -2.18. The molecule has 0 saturated carbocycles. The fourth-order valence-corrected chi connectivity index (χ4v) is 3.96. The monoisotopic (exact) mass is 356 g/mol. The SMILES string of the molecule is Cc1occc1C(=O)N1CC2(C1)OCC[C@H]2CCOCc1cccnc1. The number of ether oxygens (including phenoxy) is 2. The van der Waals surface area contributed by atoms with Crippen molar-refractivity contribution in [1.29, 1.82) is 0 Å². The third-order valence-corrected chi connectivity index (χ3v) is 5.50. The van der Waals surface area contributed by atoms with E-state index < -0.39 is 0 Å². The first kappa shape index (κ1) is 17.2. The van der Waals surface area contributed by atoms with E-state index in [4.69, 9.17) is 13.9 Å². The van der Waals surface area contributed by atoms with Crippen molar-refractivity contribution >= 4 is 5.91 Å². The predicted octanol–water partition coefficient (Wildman–Crippen LogP) is 2.82. The molecule has 0 aliphatic carbocycles. The summed E-state index contributed by atoms with van der Waals surface area (Å²) in [6, 6.07) is 5.67. The highest BCUT2D eigenvalue weighted by Gasteiger charge is 2.54. The minimum atomic E-state index is -0.190. The van der Waals surface area contributed by atoms with Crippen LogP contribution in [-0.2, 0) is 16.1 Å². The summed E-state index contributed by atoms with van der Waals surface area (Å²) in [5.41, 5.74) is 1.54. The topological polar surface area (TPSA) is 64.8 Å². The normalized spacial score (nSPS) is 21.1. The van der Waals surface area contributed by atoms with Crippen molar-refractivity contribution in [3.05, 3.63) is 53.7 Å². The molecule has 2 fully saturated rings. The minimum Gasteiger partial charge on any atom is -0.469 e. The van der Waals surface area contributed by atoms with Crippen LogP contribution >= 0.6 is 0 Å². The molecule has 2 aromatic rings. The molecule has 0 unspecified atom stereocenters. The molecule has 4 rings (SSSR count). The molecule has 26 heavy (non-hydrogen) atoms. The van der Waals surface area contributed by atoms with Crippen LogP contribution in [-0.4, -0.2) is 47.7 Å². The molecular formula is C20H24N2O4. The number of hydrogen-bond donors (Lipinski definition) is 0. The van der Waals surface area contributed by atoms with Gasteiger partial charge in [0, 0.05) is 25.6 Å². The highest BCUT2D eigenvalue weighted by Crippen LogP contribution is 2.42. The van der Waals surface area contributed by atoms with Crippen LogP contribution in [0, 0.1) is 12.8 Å². The molecule has 2 saturated heterocycles. The van der Waals surface area contributed by atoms with Gasteiger partial charge < -0.3 is 18.8 Å². The van der Waals surface area contributed by atoms with Gasteiger partial charge in [0.15, 0.2) is 0 Å². The van der Waals surface area contributed by atoms with E-state index in [1.54, 1.807) is 18.5 Å². The number of carbonyl (C=O) groups is 1. The summed E-state index contributed by atoms with van der Waals surface area (Å²) >= 11 is 0. The second-order valence-electron chi connectivity index (χ2n) is 7.15. The Morgan fingerprint density at radius 3 is 3.04 bits per heavy atom. The van der Waals surface area contributed by atoms with Gasteiger partial charge in [0.05, 0.1) is 31.5 Å². The van der Waals surface area contributed by atoms with Crippen molar-refractivity contribution < 1.29 is 18.7 Å². The first-order chi connectivity index (χ1) is 12.7. The van der Waals surface area contributed by atoms with E-state index in [9.17, 15) is 4.79 Å². The van der Waals surface area contributed by atoms with E-state index in [1.165, 1.54) is 0 Å². The van der Waals surface area contributed by atoms with Crippen molar-refractivity contribution in [2.45, 2.75) is 32.0 Å². The number of likely N-dealkylation sites (tertiary alicyclic amines) is 1. The molecule has 1 amide bonds. The smallest absolute Gasteiger partial charge is 0.257 e. The van der Waals surface area contributed by atoms with E-state index in [2.05, 4.69) is 4.98 Å². The van der Waals surface area contributed by atoms with Crippen LogP contribution < -0.4 is 0 Å². The largest absolute Gasteiger partial charge is 0.469 e. The van der Waals surface area contributed by atoms with Crippen LogP contribution in [0.1, 0.15) is 34.5 Å². The molecule has 0 bridgehead atoms. The van der Waals surface area contributed by atoms with Crippen LogP contribution in [0.4, 0.5) is 0 Å². The van der Waals surface area contributed by atoms with E-state index in [-0.39, 0.29) is 11.5 Å². The molecule has 1 atom stereocenters. The van der Waals surface area contributed by atoms with Crippen molar-refractivity contribution in [2.24, 2.45) is 5.92 Å². The summed E-state index contributed by atoms with van der Waals surface area (Å²) in [6.45, 7) is 5.17. The Morgan fingerprint density at radius 2 is 2.31 bits per heavy atom. The van der Waals surface area contributed by atoms with E-state index >= 15 is 0 Å². The standard InChI is InChI=1S/C20H24N2O4/c1-15-18(6-9-25-15)19(23)22-13-20(14-22)17(5-10-26-20)4-8-24-12-16-3-2-7-21-11-16/h2-3,6-7,9,11,17H,4-5,8,10,12-14H2,1H3/t17-/m1/s1. The first-order valence-corrected chi connectivity index (χ1v) is 9.12. The molecule has 138 valence electrons. The number of amides is 1. The fourth-order valence-electron chi connectivity index (χ4n) is 3.96. The third kappa shape index (κ3) is 3.27. The summed E-state index contributed by atoms with van der Waals surface area (Å²) in [6.07, 6.45) is 7.13. The van der Waals surface area contributed by atoms with E-state index in [1.807, 2.05) is 30.2 Å². The van der Waals surface area contributed by atoms with Crippen LogP contribution in [0.2, 0.25) is 0 Å². The molecule has 0 aromatic carbocycles. The highest BCUT2D eigenvalue weighted by molar-refractivity contribution is 5.95. The number of rotatable bonds is 6. The van der Waals surface area contributed by atoms with Crippen LogP contribution in [0.5, 0.6) is 0 Å². The zero-order chi connectivity index (χ0) is 18.0. The van der Waals surface area contributed by atoms with Gasteiger partial charge in [-0.2, -0.15) is 0 Å². The molecule has 2 aliphatic heterocycles. The fraction of sp³-hybridized carbons (Fsp3) is 0.500. The summed E-state index contributed by atoms with van der Waals surface area (Å²) in [5.74, 6) is 1.14. The number of furan rings is 1. The average Bonchev–Trinajstić information content (AvgIpc) is 3.24. The predicted molar refractivity (Wildman–Crippen MR) is 94.6 cm³/mol. The van der Waals surface area contributed by atoms with Crippen molar-refractivity contribution in [2.75, 3.05) is 26.3 Å². The van der Waals surface area contributed by atoms with Crippen molar-refractivity contribution in [3.63, 3.8) is 0 Å². The molecule has 1 spiro atoms. The number of hydrogen-bond acceptors (Lipinski definition) is 5. The second-order valence-corrected chi connectivity index (χ2v) is 7.15. The molecular weight excluding hydrogens is 332 g/mol. The van der Waals surface area contributed by atoms with Gasteiger partial charge in [-0.1, -0.05) is 6.07 Å². The molecule has 4 heterocycles. The zero-order valence-electron chi connectivity index (χ0n) is 15.0. The van der Waals surface area contributed by atoms with Gasteiger partial charge in [-0.3, -0.25) is 9.78 Å². The lowest BCUT2D eigenvalue weighted by Gasteiger charge is -2.50. The number of aromatic nitrogens is 1. The molecule has 2 aliphatic rings.